The highest BCUT2D eigenvalue weighted by Crippen LogP contribution is 2.13. The minimum atomic E-state index is -1.08. The van der Waals surface area contributed by atoms with Crippen LogP contribution in [-0.4, -0.2) is 30.7 Å². The number of hydrogen-bond acceptors (Lipinski definition) is 3. The van der Waals surface area contributed by atoms with Crippen molar-refractivity contribution in [2.24, 2.45) is 5.92 Å². The van der Waals surface area contributed by atoms with Gasteiger partial charge in [-0.3, -0.25) is 4.79 Å². The van der Waals surface area contributed by atoms with Crippen molar-refractivity contribution in [1.29, 1.82) is 0 Å². The van der Waals surface area contributed by atoms with Crippen molar-refractivity contribution in [1.82, 2.24) is 5.32 Å². The third-order valence-electron chi connectivity index (χ3n) is 2.53. The van der Waals surface area contributed by atoms with Crippen molar-refractivity contribution in [3.63, 3.8) is 0 Å². The van der Waals surface area contributed by atoms with Crippen LogP contribution in [0.25, 0.3) is 0 Å². The standard InChI is InChI=1S/C13H17NO4/c1-9(8-18-2)12(15)14-11(13(16)17)10-6-4-3-5-7-10/h3-7,9,11H,8H2,1-2H3,(H,14,15)(H,16,17)/t9?,11-/m0/s1. The van der Waals surface area contributed by atoms with Gasteiger partial charge in [0.2, 0.25) is 5.91 Å². The zero-order valence-corrected chi connectivity index (χ0v) is 10.4. The van der Waals surface area contributed by atoms with E-state index in [0.717, 1.165) is 0 Å². The number of carbonyl (C=O) groups is 2. The van der Waals surface area contributed by atoms with Gasteiger partial charge in [-0.05, 0) is 5.56 Å². The van der Waals surface area contributed by atoms with Crippen LogP contribution in [0, 0.1) is 5.92 Å². The third-order valence-corrected chi connectivity index (χ3v) is 2.53. The summed E-state index contributed by atoms with van der Waals surface area (Å²) >= 11 is 0. The molecule has 1 aromatic rings. The Bertz CT molecular complexity index is 405. The minimum absolute atomic E-state index is 0.257. The number of carboxylic acid groups (broad SMARTS) is 1. The molecule has 0 aromatic heterocycles. The highest BCUT2D eigenvalue weighted by atomic mass is 16.5. The lowest BCUT2D eigenvalue weighted by atomic mass is 10.1. The summed E-state index contributed by atoms with van der Waals surface area (Å²) in [5, 5.41) is 11.6. The van der Waals surface area contributed by atoms with Gasteiger partial charge >= 0.3 is 5.97 Å². The summed E-state index contributed by atoms with van der Waals surface area (Å²) < 4.78 is 4.86. The first-order valence-corrected chi connectivity index (χ1v) is 5.63. The van der Waals surface area contributed by atoms with Gasteiger partial charge in [0, 0.05) is 7.11 Å². The van der Waals surface area contributed by atoms with E-state index in [2.05, 4.69) is 5.32 Å². The molecule has 0 bridgehead atoms. The van der Waals surface area contributed by atoms with Gasteiger partial charge in [0.15, 0.2) is 6.04 Å². The van der Waals surface area contributed by atoms with Gasteiger partial charge < -0.3 is 15.2 Å². The number of carbonyl (C=O) groups excluding carboxylic acids is 1. The molecule has 0 aliphatic carbocycles. The summed E-state index contributed by atoms with van der Waals surface area (Å²) in [6.07, 6.45) is 0. The fourth-order valence-corrected chi connectivity index (χ4v) is 1.54. The van der Waals surface area contributed by atoms with E-state index in [0.29, 0.717) is 5.56 Å². The summed E-state index contributed by atoms with van der Waals surface area (Å²) in [6.45, 7) is 1.94. The van der Waals surface area contributed by atoms with E-state index < -0.39 is 12.0 Å². The number of hydrogen-bond donors (Lipinski definition) is 2. The first-order chi connectivity index (χ1) is 8.56. The first kappa shape index (κ1) is 14.2. The lowest BCUT2D eigenvalue weighted by molar-refractivity contribution is -0.142. The Kier molecular flexibility index (Phi) is 5.32. The number of carboxylic acids is 1. The Labute approximate surface area is 106 Å². The molecule has 5 heteroatoms. The second kappa shape index (κ2) is 6.76. The maximum absolute atomic E-state index is 11.8. The monoisotopic (exact) mass is 251 g/mol. The molecule has 0 saturated carbocycles. The number of amides is 1. The Morgan fingerprint density at radius 2 is 1.94 bits per heavy atom. The second-order valence-corrected chi connectivity index (χ2v) is 4.05. The van der Waals surface area contributed by atoms with Gasteiger partial charge in [-0.1, -0.05) is 37.3 Å². The molecule has 0 spiro atoms. The van der Waals surface area contributed by atoms with Crippen LogP contribution >= 0.6 is 0 Å². The van der Waals surface area contributed by atoms with E-state index in [4.69, 9.17) is 9.84 Å². The van der Waals surface area contributed by atoms with Crippen molar-refractivity contribution in [2.45, 2.75) is 13.0 Å². The number of ether oxygens (including phenoxy) is 1. The molecule has 18 heavy (non-hydrogen) atoms. The molecule has 1 rings (SSSR count). The summed E-state index contributed by atoms with van der Waals surface area (Å²) in [5.74, 6) is -1.81. The molecular formula is C13H17NO4. The first-order valence-electron chi connectivity index (χ1n) is 5.63. The molecule has 98 valence electrons. The van der Waals surface area contributed by atoms with E-state index in [1.54, 1.807) is 37.3 Å². The van der Waals surface area contributed by atoms with Gasteiger partial charge in [0.1, 0.15) is 0 Å². The van der Waals surface area contributed by atoms with Gasteiger partial charge in [0.05, 0.1) is 12.5 Å². The molecule has 1 amide bonds. The van der Waals surface area contributed by atoms with Gasteiger partial charge in [-0.15, -0.1) is 0 Å². The maximum Gasteiger partial charge on any atom is 0.330 e. The number of methoxy groups -OCH3 is 1. The van der Waals surface area contributed by atoms with Gasteiger partial charge in [-0.25, -0.2) is 4.79 Å². The molecular weight excluding hydrogens is 234 g/mol. The average molecular weight is 251 g/mol. The lowest BCUT2D eigenvalue weighted by Crippen LogP contribution is -2.38. The van der Waals surface area contributed by atoms with Crippen molar-refractivity contribution in [3.8, 4) is 0 Å². The molecule has 1 unspecified atom stereocenters. The number of aliphatic carboxylic acids is 1. The molecule has 2 N–H and O–H groups in total. The smallest absolute Gasteiger partial charge is 0.330 e. The normalized spacial score (nSPS) is 13.7. The molecule has 2 atom stereocenters. The van der Waals surface area contributed by atoms with Crippen LogP contribution in [0.5, 0.6) is 0 Å². The van der Waals surface area contributed by atoms with Crippen molar-refractivity contribution in [2.75, 3.05) is 13.7 Å². The summed E-state index contributed by atoms with van der Waals surface area (Å²) in [4.78, 5) is 22.9. The van der Waals surface area contributed by atoms with E-state index in [1.807, 2.05) is 0 Å². The second-order valence-electron chi connectivity index (χ2n) is 4.05. The molecule has 0 fully saturated rings. The summed E-state index contributed by atoms with van der Waals surface area (Å²) in [6, 6.07) is 7.56. The van der Waals surface area contributed by atoms with Crippen LogP contribution in [0.3, 0.4) is 0 Å². The average Bonchev–Trinajstić information content (AvgIpc) is 2.36. The Morgan fingerprint density at radius 3 is 2.44 bits per heavy atom. The van der Waals surface area contributed by atoms with Crippen molar-refractivity contribution >= 4 is 11.9 Å². The summed E-state index contributed by atoms with van der Waals surface area (Å²) in [5.41, 5.74) is 0.544. The van der Waals surface area contributed by atoms with Crippen LogP contribution in [0.1, 0.15) is 18.5 Å². The predicted octanol–water partition coefficient (Wildman–Crippen LogP) is 1.21. The van der Waals surface area contributed by atoms with Crippen LogP contribution in [0.2, 0.25) is 0 Å². The fourth-order valence-electron chi connectivity index (χ4n) is 1.54. The Hall–Kier alpha value is -1.88. The zero-order chi connectivity index (χ0) is 13.5. The van der Waals surface area contributed by atoms with Crippen molar-refractivity contribution in [3.05, 3.63) is 35.9 Å². The van der Waals surface area contributed by atoms with Crippen LogP contribution in [-0.2, 0) is 14.3 Å². The van der Waals surface area contributed by atoms with E-state index in [9.17, 15) is 9.59 Å². The largest absolute Gasteiger partial charge is 0.479 e. The predicted molar refractivity (Wildman–Crippen MR) is 66.0 cm³/mol. The van der Waals surface area contributed by atoms with E-state index in [1.165, 1.54) is 7.11 Å². The SMILES string of the molecule is COCC(C)C(=O)N[C@H](C(=O)O)c1ccccc1. The van der Waals surface area contributed by atoms with Crippen LogP contribution in [0.15, 0.2) is 30.3 Å². The van der Waals surface area contributed by atoms with Crippen LogP contribution in [0.4, 0.5) is 0 Å². The summed E-state index contributed by atoms with van der Waals surface area (Å²) in [7, 11) is 1.50. The van der Waals surface area contributed by atoms with Crippen LogP contribution < -0.4 is 5.32 Å². The molecule has 0 saturated heterocycles. The molecule has 0 aliphatic heterocycles. The quantitative estimate of drug-likeness (QED) is 0.796. The molecule has 1 aromatic carbocycles. The molecule has 0 heterocycles. The zero-order valence-electron chi connectivity index (χ0n) is 10.4. The van der Waals surface area contributed by atoms with Gasteiger partial charge in [-0.2, -0.15) is 0 Å². The van der Waals surface area contributed by atoms with E-state index in [-0.39, 0.29) is 18.4 Å². The maximum atomic E-state index is 11.8. The van der Waals surface area contributed by atoms with E-state index >= 15 is 0 Å². The Balaban J connectivity index is 2.76. The fraction of sp³-hybridized carbons (Fsp3) is 0.385. The number of rotatable bonds is 6. The molecule has 0 aliphatic rings. The lowest BCUT2D eigenvalue weighted by Gasteiger charge is -2.17. The highest BCUT2D eigenvalue weighted by molar-refractivity contribution is 5.85. The molecule has 0 radical (unpaired) electrons. The van der Waals surface area contributed by atoms with Gasteiger partial charge in [0.25, 0.3) is 0 Å². The topological polar surface area (TPSA) is 75.6 Å². The number of benzene rings is 1. The number of nitrogens with one attached hydrogen (secondary N) is 1. The highest BCUT2D eigenvalue weighted by Gasteiger charge is 2.24. The third kappa shape index (κ3) is 3.85. The van der Waals surface area contributed by atoms with Crippen molar-refractivity contribution < 1.29 is 19.4 Å². The Morgan fingerprint density at radius 1 is 1.33 bits per heavy atom. The minimum Gasteiger partial charge on any atom is -0.479 e. The molecule has 5 nitrogen and oxygen atoms in total.